The number of carbonyl (C=O) groups is 3. The molecule has 11 nitrogen and oxygen atoms in total. The van der Waals surface area contributed by atoms with Crippen molar-refractivity contribution >= 4 is 40.6 Å². The highest BCUT2D eigenvalue weighted by molar-refractivity contribution is 6.25. The van der Waals surface area contributed by atoms with Gasteiger partial charge in [0.05, 0.1) is 17.9 Å². The predicted molar refractivity (Wildman–Crippen MR) is 182 cm³/mol. The van der Waals surface area contributed by atoms with E-state index in [0.717, 1.165) is 35.2 Å². The molecule has 2 atom stereocenters. The Morgan fingerprint density at radius 2 is 1.80 bits per heavy atom. The average Bonchev–Trinajstić information content (AvgIpc) is 3.37. The van der Waals surface area contributed by atoms with Gasteiger partial charge in [0.25, 0.3) is 11.8 Å². The molecule has 6 rings (SSSR count). The van der Waals surface area contributed by atoms with E-state index in [4.69, 9.17) is 5.11 Å². The van der Waals surface area contributed by atoms with Crippen LogP contribution in [-0.4, -0.2) is 56.5 Å². The lowest BCUT2D eigenvalue weighted by molar-refractivity contribution is -0.122. The molecule has 1 fully saturated rings. The van der Waals surface area contributed by atoms with Gasteiger partial charge in [0.1, 0.15) is 0 Å². The average molecular weight is 625 g/mol. The molecule has 46 heavy (non-hydrogen) atoms. The normalized spacial score (nSPS) is 18.2. The van der Waals surface area contributed by atoms with Gasteiger partial charge in [-0.3, -0.25) is 19.4 Å². The zero-order chi connectivity index (χ0) is 32.8. The number of Topliss-reactive ketones (excluding diaryl/α,β-unsaturated/α-hetero) is 1. The molecule has 4 aromatic rings. The third kappa shape index (κ3) is 6.75. The van der Waals surface area contributed by atoms with Gasteiger partial charge >= 0.3 is 0 Å². The second-order valence-corrected chi connectivity index (χ2v) is 11.2. The molecule has 240 valence electrons. The van der Waals surface area contributed by atoms with Crippen LogP contribution in [0.3, 0.4) is 0 Å². The lowest BCUT2D eigenvalue weighted by atomic mass is 9.77. The summed E-state index contributed by atoms with van der Waals surface area (Å²) in [6.07, 6.45) is 7.65. The number of pyridine rings is 1. The number of aryl methyl sites for hydroxylation is 1. The van der Waals surface area contributed by atoms with Crippen LogP contribution in [0, 0.1) is 18.3 Å². The number of anilines is 4. The number of ketones is 1. The first-order valence-electron chi connectivity index (χ1n) is 14.6. The minimum atomic E-state index is -0.635. The summed E-state index contributed by atoms with van der Waals surface area (Å²) >= 11 is 0. The van der Waals surface area contributed by atoms with Gasteiger partial charge in [-0.2, -0.15) is 0 Å². The first-order valence-corrected chi connectivity index (χ1v) is 14.6. The summed E-state index contributed by atoms with van der Waals surface area (Å²) < 4.78 is 0. The Bertz CT molecular complexity index is 1860. The fourth-order valence-electron chi connectivity index (χ4n) is 5.73. The van der Waals surface area contributed by atoms with Gasteiger partial charge in [0, 0.05) is 69.5 Å². The molecule has 5 N–H and O–H groups in total. The van der Waals surface area contributed by atoms with Gasteiger partial charge in [-0.05, 0) is 79.9 Å². The largest absolute Gasteiger partial charge is 0.400 e. The van der Waals surface area contributed by atoms with Crippen molar-refractivity contribution in [3.63, 3.8) is 0 Å². The van der Waals surface area contributed by atoms with Crippen LogP contribution in [-0.2, 0) is 9.59 Å². The Labute approximate surface area is 270 Å². The highest BCUT2D eigenvalue weighted by atomic mass is 16.3. The number of aliphatic hydroxyl groups is 2. The van der Waals surface area contributed by atoms with Crippen molar-refractivity contribution in [2.75, 3.05) is 29.7 Å². The summed E-state index contributed by atoms with van der Waals surface area (Å²) in [7, 11) is 1.00. The molecule has 0 spiro atoms. The summed E-state index contributed by atoms with van der Waals surface area (Å²) in [6.45, 7) is 5.72. The number of carbonyl (C=O) groups excluding carboxylic acids is 3. The van der Waals surface area contributed by atoms with E-state index in [-0.39, 0.29) is 28.2 Å². The van der Waals surface area contributed by atoms with Gasteiger partial charge in [0.2, 0.25) is 5.95 Å². The van der Waals surface area contributed by atoms with E-state index in [1.807, 2.05) is 37.3 Å². The SMILES string of the molecule is C=C1C[C@]2(CO)C=C(C(=O)Nc3cccc(C(=O)Nc4ccc(Nc5nccc(-c6cccnc6)n5)c(C)c4)c3)C(=O)[C@H]1C2.CO.[HH].[HH].[HH]. The lowest BCUT2D eigenvalue weighted by Gasteiger charge is -2.27. The number of amides is 2. The molecule has 0 radical (unpaired) electrons. The zero-order valence-electron chi connectivity index (χ0n) is 25.4. The van der Waals surface area contributed by atoms with Gasteiger partial charge < -0.3 is 26.2 Å². The van der Waals surface area contributed by atoms with Crippen molar-refractivity contribution in [1.29, 1.82) is 0 Å². The van der Waals surface area contributed by atoms with E-state index in [2.05, 4.69) is 37.5 Å². The van der Waals surface area contributed by atoms with E-state index < -0.39 is 17.2 Å². The first-order chi connectivity index (χ1) is 22.2. The molecule has 11 heteroatoms. The van der Waals surface area contributed by atoms with Crippen molar-refractivity contribution < 1.29 is 28.9 Å². The molecule has 2 amide bonds. The van der Waals surface area contributed by atoms with E-state index in [9.17, 15) is 19.5 Å². The number of allylic oxidation sites excluding steroid dienone is 1. The Hall–Kier alpha value is -5.52. The molecule has 2 aromatic carbocycles. The summed E-state index contributed by atoms with van der Waals surface area (Å²) in [6, 6.07) is 17.5. The van der Waals surface area contributed by atoms with Gasteiger partial charge in [-0.15, -0.1) is 0 Å². The summed E-state index contributed by atoms with van der Waals surface area (Å²) in [5.41, 5.74) is 4.66. The van der Waals surface area contributed by atoms with Crippen LogP contribution < -0.4 is 16.0 Å². The Morgan fingerprint density at radius 1 is 1.02 bits per heavy atom. The maximum atomic E-state index is 13.1. The molecular weight excluding hydrogens is 584 g/mol. The minimum absolute atomic E-state index is 0. The number of hydrogen-bond donors (Lipinski definition) is 5. The van der Waals surface area contributed by atoms with E-state index in [0.29, 0.717) is 35.7 Å². The van der Waals surface area contributed by atoms with Crippen molar-refractivity contribution in [2.45, 2.75) is 19.8 Å². The molecule has 2 aliphatic rings. The van der Waals surface area contributed by atoms with Crippen LogP contribution in [0.1, 0.15) is 33.0 Å². The van der Waals surface area contributed by atoms with Gasteiger partial charge in [-0.25, -0.2) is 9.97 Å². The van der Waals surface area contributed by atoms with E-state index in [1.165, 1.54) is 0 Å². The zero-order valence-corrected chi connectivity index (χ0v) is 25.4. The molecular formula is C35H40N6O5. The third-order valence-electron chi connectivity index (χ3n) is 8.00. The lowest BCUT2D eigenvalue weighted by Crippen LogP contribution is -2.33. The molecule has 2 aliphatic carbocycles. The Kier molecular flexibility index (Phi) is 9.45. The molecule has 0 saturated heterocycles. The van der Waals surface area contributed by atoms with Crippen LogP contribution in [0.15, 0.2) is 103 Å². The number of hydrogen-bond acceptors (Lipinski definition) is 9. The topological polar surface area (TPSA) is 166 Å². The number of aliphatic hydroxyl groups excluding tert-OH is 2. The smallest absolute Gasteiger partial charge is 0.258 e. The fraction of sp³-hybridized carbons (Fsp3) is 0.200. The Balaban J connectivity index is 0.00000164. The summed E-state index contributed by atoms with van der Waals surface area (Å²) in [5, 5.41) is 25.8. The number of rotatable bonds is 8. The monoisotopic (exact) mass is 624 g/mol. The van der Waals surface area contributed by atoms with Crippen LogP contribution in [0.2, 0.25) is 0 Å². The predicted octanol–water partition coefficient (Wildman–Crippen LogP) is 5.58. The summed E-state index contributed by atoms with van der Waals surface area (Å²) in [4.78, 5) is 52.2. The number of fused-ring (bicyclic) bond motifs is 2. The minimum Gasteiger partial charge on any atom is -0.400 e. The first kappa shape index (κ1) is 31.9. The molecule has 2 aromatic heterocycles. The van der Waals surface area contributed by atoms with Crippen LogP contribution in [0.5, 0.6) is 0 Å². The van der Waals surface area contributed by atoms with E-state index in [1.54, 1.807) is 55.0 Å². The van der Waals surface area contributed by atoms with Crippen molar-refractivity contribution in [3.8, 4) is 11.3 Å². The number of aromatic nitrogens is 3. The maximum Gasteiger partial charge on any atom is 0.258 e. The highest BCUT2D eigenvalue weighted by Gasteiger charge is 2.48. The van der Waals surface area contributed by atoms with E-state index >= 15 is 0 Å². The molecule has 0 unspecified atom stereocenters. The standard InChI is InChI=1S/C34H30N6O4.CH4O.3H2/c1-20-13-25(8-9-28(20)39-33-36-12-10-29(40-33)23-6-4-11-35-18-23)37-31(43)22-5-3-7-24(14-22)38-32(44)27-17-34(19-41)15-21(2)26(16-34)30(27)42;1-2;;;/h3-14,17-18,26,41H,2,15-16,19H2,1H3,(H,37,43)(H,38,44)(H,36,39,40);2H,1H3;3*1H/t26-,34+;;;;/m0..../s1. The maximum absolute atomic E-state index is 13.1. The molecule has 0 aliphatic heterocycles. The van der Waals surface area contributed by atoms with Crippen molar-refractivity contribution in [3.05, 3.63) is 114 Å². The second-order valence-electron chi connectivity index (χ2n) is 11.2. The molecule has 2 bridgehead atoms. The Morgan fingerprint density at radius 3 is 2.54 bits per heavy atom. The summed E-state index contributed by atoms with van der Waals surface area (Å²) in [5.74, 6) is -1.25. The fourth-order valence-corrected chi connectivity index (χ4v) is 5.73. The van der Waals surface area contributed by atoms with Crippen molar-refractivity contribution in [2.24, 2.45) is 11.3 Å². The molecule has 2 heterocycles. The van der Waals surface area contributed by atoms with Gasteiger partial charge in [0.15, 0.2) is 5.78 Å². The highest BCUT2D eigenvalue weighted by Crippen LogP contribution is 2.50. The van der Waals surface area contributed by atoms with Crippen LogP contribution >= 0.6 is 0 Å². The van der Waals surface area contributed by atoms with Crippen LogP contribution in [0.4, 0.5) is 23.0 Å². The quantitative estimate of drug-likeness (QED) is 0.124. The number of nitrogens with one attached hydrogen (secondary N) is 3. The molecule has 1 saturated carbocycles. The third-order valence-corrected chi connectivity index (χ3v) is 8.00. The van der Waals surface area contributed by atoms with Gasteiger partial charge in [-0.1, -0.05) is 24.3 Å². The van der Waals surface area contributed by atoms with Crippen LogP contribution in [0.25, 0.3) is 11.3 Å². The number of benzene rings is 2. The number of nitrogens with zero attached hydrogens (tertiary/aromatic N) is 3. The van der Waals surface area contributed by atoms with Crippen molar-refractivity contribution in [1.82, 2.24) is 15.0 Å². The second kappa shape index (κ2) is 13.6.